The number of fused-ring (bicyclic) bond motifs is 1. The highest BCUT2D eigenvalue weighted by Gasteiger charge is 2.22. The van der Waals surface area contributed by atoms with Crippen LogP contribution in [0.2, 0.25) is 0 Å². The molecule has 0 bridgehead atoms. The van der Waals surface area contributed by atoms with Gasteiger partial charge in [0.25, 0.3) is 0 Å². The van der Waals surface area contributed by atoms with Crippen LogP contribution in [0.3, 0.4) is 0 Å². The number of nitrogens with one attached hydrogen (secondary N) is 1. The van der Waals surface area contributed by atoms with E-state index in [1.165, 1.54) is 18.4 Å². The number of hydrogen-bond acceptors (Lipinski definition) is 4. The van der Waals surface area contributed by atoms with Crippen LogP contribution in [0.1, 0.15) is 37.3 Å². The van der Waals surface area contributed by atoms with Crippen LogP contribution < -0.4 is 14.8 Å². The molecule has 1 saturated heterocycles. The molecular formula is C16H23NO3. The standard InChI is InChI=1S/C16H23NO3/c1-17-15-11-20-16-10-13(6-7-14(15)16)19-9-3-5-12-4-2-8-18-12/h6-7,10,12,15,17H,2-5,8-9,11H2,1H3. The van der Waals surface area contributed by atoms with E-state index < -0.39 is 0 Å². The zero-order chi connectivity index (χ0) is 13.8. The summed E-state index contributed by atoms with van der Waals surface area (Å²) in [5.41, 5.74) is 1.22. The van der Waals surface area contributed by atoms with Gasteiger partial charge in [0, 0.05) is 18.2 Å². The largest absolute Gasteiger partial charge is 0.493 e. The second-order valence-corrected chi connectivity index (χ2v) is 5.48. The van der Waals surface area contributed by atoms with Gasteiger partial charge in [-0.2, -0.15) is 0 Å². The van der Waals surface area contributed by atoms with Crippen LogP contribution in [-0.4, -0.2) is 33.0 Å². The van der Waals surface area contributed by atoms with Crippen molar-refractivity contribution in [3.05, 3.63) is 23.8 Å². The zero-order valence-corrected chi connectivity index (χ0v) is 12.1. The van der Waals surface area contributed by atoms with Crippen LogP contribution in [-0.2, 0) is 4.74 Å². The lowest BCUT2D eigenvalue weighted by Crippen LogP contribution is -2.17. The normalized spacial score (nSPS) is 24.4. The molecule has 1 aromatic rings. The van der Waals surface area contributed by atoms with E-state index in [-0.39, 0.29) is 0 Å². The van der Waals surface area contributed by atoms with Crippen molar-refractivity contribution in [1.82, 2.24) is 5.32 Å². The van der Waals surface area contributed by atoms with Crippen LogP contribution in [0.4, 0.5) is 0 Å². The van der Waals surface area contributed by atoms with Crippen molar-refractivity contribution >= 4 is 0 Å². The number of rotatable bonds is 6. The molecule has 4 heteroatoms. The summed E-state index contributed by atoms with van der Waals surface area (Å²) >= 11 is 0. The molecule has 2 heterocycles. The molecule has 0 aromatic heterocycles. The van der Waals surface area contributed by atoms with E-state index in [9.17, 15) is 0 Å². The van der Waals surface area contributed by atoms with Crippen LogP contribution in [0, 0.1) is 0 Å². The van der Waals surface area contributed by atoms with Gasteiger partial charge in [0.05, 0.1) is 18.8 Å². The van der Waals surface area contributed by atoms with Gasteiger partial charge in [-0.1, -0.05) is 0 Å². The Morgan fingerprint density at radius 2 is 2.35 bits per heavy atom. The fourth-order valence-corrected chi connectivity index (χ4v) is 2.89. The maximum Gasteiger partial charge on any atom is 0.127 e. The monoisotopic (exact) mass is 277 g/mol. The van der Waals surface area contributed by atoms with Crippen molar-refractivity contribution < 1.29 is 14.2 Å². The molecule has 1 aromatic carbocycles. The van der Waals surface area contributed by atoms with Crippen LogP contribution in [0.15, 0.2) is 18.2 Å². The third kappa shape index (κ3) is 3.07. The van der Waals surface area contributed by atoms with Gasteiger partial charge in [-0.15, -0.1) is 0 Å². The molecule has 0 saturated carbocycles. The number of ether oxygens (including phenoxy) is 3. The van der Waals surface area contributed by atoms with Crippen molar-refractivity contribution in [3.63, 3.8) is 0 Å². The molecule has 2 unspecified atom stereocenters. The highest BCUT2D eigenvalue weighted by molar-refractivity contribution is 5.44. The number of hydrogen-bond donors (Lipinski definition) is 1. The average Bonchev–Trinajstić information content (AvgIpc) is 3.12. The molecule has 0 amide bonds. The van der Waals surface area contributed by atoms with E-state index in [2.05, 4.69) is 11.4 Å². The van der Waals surface area contributed by atoms with E-state index in [0.717, 1.165) is 37.6 Å². The van der Waals surface area contributed by atoms with Crippen LogP contribution >= 0.6 is 0 Å². The summed E-state index contributed by atoms with van der Waals surface area (Å²) in [6.07, 6.45) is 5.02. The molecule has 110 valence electrons. The zero-order valence-electron chi connectivity index (χ0n) is 12.1. The van der Waals surface area contributed by atoms with Crippen LogP contribution in [0.25, 0.3) is 0 Å². The maximum absolute atomic E-state index is 5.80. The predicted octanol–water partition coefficient (Wildman–Crippen LogP) is 2.68. The molecule has 4 nitrogen and oxygen atoms in total. The Balaban J connectivity index is 1.46. The van der Waals surface area contributed by atoms with Gasteiger partial charge in [-0.25, -0.2) is 0 Å². The average molecular weight is 277 g/mol. The first-order valence-electron chi connectivity index (χ1n) is 7.55. The van der Waals surface area contributed by atoms with E-state index in [4.69, 9.17) is 14.2 Å². The SMILES string of the molecule is CNC1COc2cc(OCCCC3CCCO3)ccc21. The van der Waals surface area contributed by atoms with Gasteiger partial charge >= 0.3 is 0 Å². The quantitative estimate of drug-likeness (QED) is 0.812. The van der Waals surface area contributed by atoms with Crippen molar-refractivity contribution in [2.24, 2.45) is 0 Å². The highest BCUT2D eigenvalue weighted by atomic mass is 16.5. The molecule has 2 atom stereocenters. The molecule has 0 spiro atoms. The van der Waals surface area contributed by atoms with Gasteiger partial charge in [0.15, 0.2) is 0 Å². The lowest BCUT2D eigenvalue weighted by Gasteiger charge is -2.11. The van der Waals surface area contributed by atoms with Crippen molar-refractivity contribution in [2.75, 3.05) is 26.9 Å². The number of benzene rings is 1. The summed E-state index contributed by atoms with van der Waals surface area (Å²) in [5, 5.41) is 3.24. The van der Waals surface area contributed by atoms with Crippen molar-refractivity contribution in [2.45, 2.75) is 37.8 Å². The molecule has 2 aliphatic rings. The molecule has 20 heavy (non-hydrogen) atoms. The van der Waals surface area contributed by atoms with Gasteiger partial charge in [0.2, 0.25) is 0 Å². The van der Waals surface area contributed by atoms with Crippen molar-refractivity contribution in [3.8, 4) is 11.5 Å². The highest BCUT2D eigenvalue weighted by Crippen LogP contribution is 2.35. The van der Waals surface area contributed by atoms with E-state index in [1.54, 1.807) is 0 Å². The Kier molecular flexibility index (Phi) is 4.43. The van der Waals surface area contributed by atoms with Gasteiger partial charge in [-0.05, 0) is 44.9 Å². The third-order valence-corrected chi connectivity index (χ3v) is 4.08. The van der Waals surface area contributed by atoms with Gasteiger partial charge in [0.1, 0.15) is 18.1 Å². The lowest BCUT2D eigenvalue weighted by atomic mass is 10.1. The minimum atomic E-state index is 0.304. The first-order chi connectivity index (χ1) is 9.86. The predicted molar refractivity (Wildman–Crippen MR) is 77.4 cm³/mol. The van der Waals surface area contributed by atoms with E-state index in [0.29, 0.717) is 18.8 Å². The summed E-state index contributed by atoms with van der Waals surface area (Å²) in [7, 11) is 1.96. The van der Waals surface area contributed by atoms with Gasteiger partial charge in [-0.3, -0.25) is 0 Å². The summed E-state index contributed by atoms with van der Waals surface area (Å²) in [6.45, 7) is 2.38. The summed E-state index contributed by atoms with van der Waals surface area (Å²) in [5.74, 6) is 1.84. The first-order valence-corrected chi connectivity index (χ1v) is 7.55. The first kappa shape index (κ1) is 13.7. The second kappa shape index (κ2) is 6.46. The molecule has 3 rings (SSSR count). The lowest BCUT2D eigenvalue weighted by molar-refractivity contribution is 0.0981. The topological polar surface area (TPSA) is 39.7 Å². The Morgan fingerprint density at radius 1 is 1.40 bits per heavy atom. The molecular weight excluding hydrogens is 254 g/mol. The maximum atomic E-state index is 5.80. The summed E-state index contributed by atoms with van der Waals surface area (Å²) in [4.78, 5) is 0. The smallest absolute Gasteiger partial charge is 0.127 e. The minimum Gasteiger partial charge on any atom is -0.493 e. The Bertz CT molecular complexity index is 443. The fourth-order valence-electron chi connectivity index (χ4n) is 2.89. The Morgan fingerprint density at radius 3 is 3.15 bits per heavy atom. The third-order valence-electron chi connectivity index (χ3n) is 4.08. The molecule has 0 aliphatic carbocycles. The molecule has 0 radical (unpaired) electrons. The molecule has 1 N–H and O–H groups in total. The number of likely N-dealkylation sites (N-methyl/N-ethyl adjacent to an activating group) is 1. The van der Waals surface area contributed by atoms with Crippen molar-refractivity contribution in [1.29, 1.82) is 0 Å². The van der Waals surface area contributed by atoms with E-state index >= 15 is 0 Å². The van der Waals surface area contributed by atoms with E-state index in [1.807, 2.05) is 19.2 Å². The molecule has 1 fully saturated rings. The van der Waals surface area contributed by atoms with Crippen LogP contribution in [0.5, 0.6) is 11.5 Å². The Hall–Kier alpha value is -1.26. The van der Waals surface area contributed by atoms with Gasteiger partial charge < -0.3 is 19.5 Å². The summed E-state index contributed by atoms with van der Waals surface area (Å²) in [6, 6.07) is 6.43. The fraction of sp³-hybridized carbons (Fsp3) is 0.625. The minimum absolute atomic E-state index is 0.304. The molecule has 2 aliphatic heterocycles. The second-order valence-electron chi connectivity index (χ2n) is 5.48. The summed E-state index contributed by atoms with van der Waals surface area (Å²) < 4.78 is 17.1. The Labute approximate surface area is 120 Å².